The van der Waals surface area contributed by atoms with E-state index >= 15 is 0 Å². The number of nitrogens with one attached hydrogen (secondary N) is 1. The first-order chi connectivity index (χ1) is 7.59. The number of rotatable bonds is 6. The predicted octanol–water partition coefficient (Wildman–Crippen LogP) is 3.60. The molecule has 1 aromatic heterocycles. The SMILES string of the molecule is CC(C)CCCCNC(=O)c1ccc(Br)o1. The number of furan rings is 1. The third kappa shape index (κ3) is 4.84. The minimum absolute atomic E-state index is 0.143. The van der Waals surface area contributed by atoms with Crippen LogP contribution >= 0.6 is 15.9 Å². The fourth-order valence-corrected chi connectivity index (χ4v) is 1.71. The van der Waals surface area contributed by atoms with Gasteiger partial charge in [0.05, 0.1) is 0 Å². The van der Waals surface area contributed by atoms with Gasteiger partial charge in [-0.15, -0.1) is 0 Å². The number of halogens is 1. The van der Waals surface area contributed by atoms with Gasteiger partial charge >= 0.3 is 0 Å². The first-order valence-electron chi connectivity index (χ1n) is 5.63. The van der Waals surface area contributed by atoms with Gasteiger partial charge in [0.25, 0.3) is 5.91 Å². The fraction of sp³-hybridized carbons (Fsp3) is 0.583. The Kier molecular flexibility index (Phi) is 5.60. The zero-order chi connectivity index (χ0) is 12.0. The molecule has 16 heavy (non-hydrogen) atoms. The molecule has 1 amide bonds. The molecule has 0 saturated heterocycles. The monoisotopic (exact) mass is 287 g/mol. The summed E-state index contributed by atoms with van der Waals surface area (Å²) in [5.74, 6) is 0.947. The third-order valence-corrected chi connectivity index (χ3v) is 2.72. The van der Waals surface area contributed by atoms with Crippen LogP contribution in [0.25, 0.3) is 0 Å². The number of amides is 1. The van der Waals surface area contributed by atoms with Crippen molar-refractivity contribution in [3.8, 4) is 0 Å². The van der Waals surface area contributed by atoms with Gasteiger partial charge in [-0.2, -0.15) is 0 Å². The highest BCUT2D eigenvalue weighted by Gasteiger charge is 2.08. The maximum atomic E-state index is 11.5. The van der Waals surface area contributed by atoms with Crippen LogP contribution in [0.3, 0.4) is 0 Å². The Morgan fingerprint density at radius 3 is 2.75 bits per heavy atom. The summed E-state index contributed by atoms with van der Waals surface area (Å²) in [6, 6.07) is 3.38. The molecule has 4 heteroatoms. The van der Waals surface area contributed by atoms with Crippen molar-refractivity contribution in [2.24, 2.45) is 5.92 Å². The number of carbonyl (C=O) groups excluding carboxylic acids is 1. The van der Waals surface area contributed by atoms with Gasteiger partial charge in [0.1, 0.15) is 0 Å². The van der Waals surface area contributed by atoms with E-state index in [0.717, 1.165) is 18.8 Å². The summed E-state index contributed by atoms with van der Waals surface area (Å²) in [6.07, 6.45) is 3.38. The topological polar surface area (TPSA) is 42.2 Å². The lowest BCUT2D eigenvalue weighted by Gasteiger charge is -2.05. The van der Waals surface area contributed by atoms with E-state index in [1.807, 2.05) is 0 Å². The molecule has 1 rings (SSSR count). The minimum Gasteiger partial charge on any atom is -0.444 e. The molecule has 0 aliphatic rings. The molecule has 0 fully saturated rings. The molecule has 0 radical (unpaired) electrons. The van der Waals surface area contributed by atoms with E-state index in [1.165, 1.54) is 6.42 Å². The molecule has 0 aliphatic carbocycles. The van der Waals surface area contributed by atoms with Gasteiger partial charge in [-0.05, 0) is 40.4 Å². The second-order valence-corrected chi connectivity index (χ2v) is 5.03. The van der Waals surface area contributed by atoms with Gasteiger partial charge in [-0.1, -0.05) is 26.7 Å². The normalized spacial score (nSPS) is 10.8. The standard InChI is InChI=1S/C12H18BrNO2/c1-9(2)5-3-4-8-14-12(15)10-6-7-11(13)16-10/h6-7,9H,3-5,8H2,1-2H3,(H,14,15). The van der Waals surface area contributed by atoms with Crippen molar-refractivity contribution in [3.63, 3.8) is 0 Å². The van der Waals surface area contributed by atoms with Crippen molar-refractivity contribution in [1.82, 2.24) is 5.32 Å². The molecule has 0 saturated carbocycles. The van der Waals surface area contributed by atoms with Crippen LogP contribution in [0, 0.1) is 5.92 Å². The van der Waals surface area contributed by atoms with E-state index in [0.29, 0.717) is 17.0 Å². The van der Waals surface area contributed by atoms with Crippen LogP contribution < -0.4 is 5.32 Å². The van der Waals surface area contributed by atoms with Crippen molar-refractivity contribution in [3.05, 3.63) is 22.6 Å². The Hall–Kier alpha value is -0.770. The Morgan fingerprint density at radius 1 is 1.44 bits per heavy atom. The van der Waals surface area contributed by atoms with Gasteiger partial charge < -0.3 is 9.73 Å². The van der Waals surface area contributed by atoms with E-state index in [4.69, 9.17) is 4.42 Å². The molecule has 1 N–H and O–H groups in total. The Morgan fingerprint density at radius 2 is 2.19 bits per heavy atom. The van der Waals surface area contributed by atoms with Crippen molar-refractivity contribution < 1.29 is 9.21 Å². The fourth-order valence-electron chi connectivity index (χ4n) is 1.40. The van der Waals surface area contributed by atoms with Crippen LogP contribution in [0.15, 0.2) is 21.2 Å². The van der Waals surface area contributed by atoms with Gasteiger partial charge in [0, 0.05) is 6.54 Å². The maximum absolute atomic E-state index is 11.5. The molecule has 1 heterocycles. The third-order valence-electron chi connectivity index (χ3n) is 2.29. The lowest BCUT2D eigenvalue weighted by atomic mass is 10.1. The number of hydrogen-bond donors (Lipinski definition) is 1. The van der Waals surface area contributed by atoms with Gasteiger partial charge in [0.15, 0.2) is 10.4 Å². The van der Waals surface area contributed by atoms with Crippen LogP contribution in [0.1, 0.15) is 43.7 Å². The van der Waals surface area contributed by atoms with E-state index in [2.05, 4.69) is 35.1 Å². The number of unbranched alkanes of at least 4 members (excludes halogenated alkanes) is 1. The summed E-state index contributed by atoms with van der Waals surface area (Å²) < 4.78 is 5.73. The summed E-state index contributed by atoms with van der Waals surface area (Å²) in [5.41, 5.74) is 0. The quantitative estimate of drug-likeness (QED) is 0.813. The number of carbonyl (C=O) groups is 1. The first kappa shape index (κ1) is 13.3. The first-order valence-corrected chi connectivity index (χ1v) is 6.42. The van der Waals surface area contributed by atoms with E-state index in [-0.39, 0.29) is 5.91 Å². The van der Waals surface area contributed by atoms with Crippen molar-refractivity contribution in [1.29, 1.82) is 0 Å². The van der Waals surface area contributed by atoms with Gasteiger partial charge in [0.2, 0.25) is 0 Å². The highest BCUT2D eigenvalue weighted by atomic mass is 79.9. The van der Waals surface area contributed by atoms with Crippen LogP contribution in [0.2, 0.25) is 0 Å². The van der Waals surface area contributed by atoms with E-state index in [9.17, 15) is 4.79 Å². The molecule has 0 atom stereocenters. The molecule has 0 aliphatic heterocycles. The van der Waals surface area contributed by atoms with Crippen molar-refractivity contribution in [2.75, 3.05) is 6.54 Å². The average Bonchev–Trinajstić information content (AvgIpc) is 2.63. The molecule has 3 nitrogen and oxygen atoms in total. The van der Waals surface area contributed by atoms with Crippen LogP contribution in [-0.2, 0) is 0 Å². The molecule has 1 aromatic rings. The maximum Gasteiger partial charge on any atom is 0.287 e. The minimum atomic E-state index is -0.143. The molecule has 90 valence electrons. The largest absolute Gasteiger partial charge is 0.444 e. The zero-order valence-corrected chi connectivity index (χ0v) is 11.3. The Labute approximate surface area is 105 Å². The van der Waals surface area contributed by atoms with Crippen molar-refractivity contribution in [2.45, 2.75) is 33.1 Å². The molecular weight excluding hydrogens is 270 g/mol. The second-order valence-electron chi connectivity index (χ2n) is 4.25. The van der Waals surface area contributed by atoms with Crippen LogP contribution in [-0.4, -0.2) is 12.5 Å². The Bertz CT molecular complexity index is 334. The molecule has 0 aromatic carbocycles. The van der Waals surface area contributed by atoms with Crippen molar-refractivity contribution >= 4 is 21.8 Å². The number of hydrogen-bond acceptors (Lipinski definition) is 2. The average molecular weight is 288 g/mol. The second kappa shape index (κ2) is 6.74. The molecular formula is C12H18BrNO2. The summed E-state index contributed by atoms with van der Waals surface area (Å²) in [6.45, 7) is 5.13. The Balaban J connectivity index is 2.16. The lowest BCUT2D eigenvalue weighted by molar-refractivity contribution is 0.0924. The highest BCUT2D eigenvalue weighted by molar-refractivity contribution is 9.10. The highest BCUT2D eigenvalue weighted by Crippen LogP contribution is 2.13. The van der Waals surface area contributed by atoms with E-state index < -0.39 is 0 Å². The lowest BCUT2D eigenvalue weighted by Crippen LogP contribution is -2.23. The van der Waals surface area contributed by atoms with Crippen LogP contribution in [0.4, 0.5) is 0 Å². The van der Waals surface area contributed by atoms with Gasteiger partial charge in [-0.25, -0.2) is 0 Å². The summed E-state index contributed by atoms with van der Waals surface area (Å²) >= 11 is 3.16. The smallest absolute Gasteiger partial charge is 0.287 e. The van der Waals surface area contributed by atoms with E-state index in [1.54, 1.807) is 12.1 Å². The summed E-state index contributed by atoms with van der Waals surface area (Å²) in [4.78, 5) is 11.5. The van der Waals surface area contributed by atoms with Crippen LogP contribution in [0.5, 0.6) is 0 Å². The zero-order valence-electron chi connectivity index (χ0n) is 9.75. The predicted molar refractivity (Wildman–Crippen MR) is 67.4 cm³/mol. The molecule has 0 spiro atoms. The van der Waals surface area contributed by atoms with Gasteiger partial charge in [-0.3, -0.25) is 4.79 Å². The molecule has 0 bridgehead atoms. The summed E-state index contributed by atoms with van der Waals surface area (Å²) in [5, 5.41) is 2.83. The summed E-state index contributed by atoms with van der Waals surface area (Å²) in [7, 11) is 0. The molecule has 0 unspecified atom stereocenters.